The third kappa shape index (κ3) is 5.25. The van der Waals surface area contributed by atoms with Gasteiger partial charge in [0.15, 0.2) is 0 Å². The summed E-state index contributed by atoms with van der Waals surface area (Å²) in [6, 6.07) is 10.5. The maximum absolute atomic E-state index is 14.1. The van der Waals surface area contributed by atoms with E-state index in [0.29, 0.717) is 34.6 Å². The van der Waals surface area contributed by atoms with Gasteiger partial charge in [-0.3, -0.25) is 9.78 Å². The van der Waals surface area contributed by atoms with Gasteiger partial charge in [-0.15, -0.1) is 0 Å². The van der Waals surface area contributed by atoms with Crippen molar-refractivity contribution in [1.82, 2.24) is 19.9 Å². The third-order valence-corrected chi connectivity index (χ3v) is 5.14. The summed E-state index contributed by atoms with van der Waals surface area (Å²) in [6.45, 7) is 4.09. The molecule has 0 aromatic carbocycles. The first kappa shape index (κ1) is 23.6. The fourth-order valence-corrected chi connectivity index (χ4v) is 3.09. The average molecular weight is 449 g/mol. The van der Waals surface area contributed by atoms with Gasteiger partial charge in [-0.25, -0.2) is 8.91 Å². The number of halogens is 1. The Hall–Kier alpha value is -4.02. The molecule has 3 rings (SSSR count). The molecule has 1 amide bonds. The Kier molecular flexibility index (Phi) is 6.90. The van der Waals surface area contributed by atoms with Gasteiger partial charge in [-0.2, -0.15) is 15.6 Å². The lowest BCUT2D eigenvalue weighted by molar-refractivity contribution is -0.00177. The molecule has 2 atom stereocenters. The average Bonchev–Trinajstić information content (AvgIpc) is 3.23. The van der Waals surface area contributed by atoms with Crippen molar-refractivity contribution in [1.29, 1.82) is 10.5 Å². The Morgan fingerprint density at radius 1 is 1.30 bits per heavy atom. The maximum atomic E-state index is 14.1. The highest BCUT2D eigenvalue weighted by atomic mass is 19.1. The number of carbonyl (C=O) groups is 1. The van der Waals surface area contributed by atoms with E-state index in [2.05, 4.69) is 26.8 Å². The lowest BCUT2D eigenvalue weighted by atomic mass is 10.0. The van der Waals surface area contributed by atoms with E-state index in [1.54, 1.807) is 28.8 Å². The number of nitrogens with zero attached hydrogens (tertiary/aromatic N) is 5. The zero-order valence-electron chi connectivity index (χ0n) is 18.5. The zero-order chi connectivity index (χ0) is 24.2. The molecule has 3 aromatic rings. The van der Waals surface area contributed by atoms with E-state index in [9.17, 15) is 19.6 Å². The number of alkyl halides is 1. The molecule has 0 spiro atoms. The summed E-state index contributed by atoms with van der Waals surface area (Å²) in [4.78, 5) is 17.1. The van der Waals surface area contributed by atoms with E-state index >= 15 is 0 Å². The van der Waals surface area contributed by atoms with Crippen LogP contribution in [0, 0.1) is 22.7 Å². The van der Waals surface area contributed by atoms with Gasteiger partial charge < -0.3 is 15.7 Å². The zero-order valence-corrected chi connectivity index (χ0v) is 18.5. The van der Waals surface area contributed by atoms with E-state index in [4.69, 9.17) is 5.26 Å². The van der Waals surface area contributed by atoms with Crippen LogP contribution >= 0.6 is 0 Å². The second-order valence-corrected chi connectivity index (χ2v) is 8.09. The summed E-state index contributed by atoms with van der Waals surface area (Å²) in [6.07, 6.45) is 1.62. The Balaban J connectivity index is 1.98. The van der Waals surface area contributed by atoms with Crippen molar-refractivity contribution in [3.05, 3.63) is 47.8 Å². The molecule has 0 fully saturated rings. The SMILES string of the molecule is CC[C@@H](C#N)Nc1cc(-c2ccc3cc(C#N)cnn23)ncc1C(=O)NCC(F)C(C)(C)O. The molecule has 0 aliphatic rings. The Morgan fingerprint density at radius 2 is 2.06 bits per heavy atom. The summed E-state index contributed by atoms with van der Waals surface area (Å²) in [5, 5.41) is 38.0. The number of anilines is 1. The van der Waals surface area contributed by atoms with E-state index in [1.807, 2.05) is 13.0 Å². The van der Waals surface area contributed by atoms with E-state index in [-0.39, 0.29) is 12.1 Å². The highest BCUT2D eigenvalue weighted by Gasteiger charge is 2.27. The minimum atomic E-state index is -1.66. The minimum absolute atomic E-state index is 0.135. The second-order valence-electron chi connectivity index (χ2n) is 8.09. The number of fused-ring (bicyclic) bond motifs is 1. The fraction of sp³-hybridized carbons (Fsp3) is 0.348. The Labute approximate surface area is 190 Å². The number of rotatable bonds is 8. The summed E-state index contributed by atoms with van der Waals surface area (Å²) >= 11 is 0. The van der Waals surface area contributed by atoms with E-state index < -0.39 is 23.7 Å². The van der Waals surface area contributed by atoms with Crippen LogP contribution < -0.4 is 10.6 Å². The molecule has 3 N–H and O–H groups in total. The lowest BCUT2D eigenvalue weighted by Crippen LogP contribution is -2.42. The van der Waals surface area contributed by atoms with Gasteiger partial charge >= 0.3 is 0 Å². The predicted molar refractivity (Wildman–Crippen MR) is 120 cm³/mol. The number of carbonyl (C=O) groups excluding carboxylic acids is 1. The molecular weight excluding hydrogens is 425 g/mol. The minimum Gasteiger partial charge on any atom is -0.387 e. The first-order chi connectivity index (χ1) is 15.7. The van der Waals surface area contributed by atoms with Gasteiger partial charge in [-0.1, -0.05) is 6.92 Å². The van der Waals surface area contributed by atoms with Crippen molar-refractivity contribution < 1.29 is 14.3 Å². The molecule has 0 aliphatic carbocycles. The van der Waals surface area contributed by atoms with Crippen LogP contribution in [0.25, 0.3) is 16.9 Å². The monoisotopic (exact) mass is 449 g/mol. The second kappa shape index (κ2) is 9.63. The van der Waals surface area contributed by atoms with Crippen molar-refractivity contribution in [3.63, 3.8) is 0 Å². The molecule has 0 radical (unpaired) electrons. The van der Waals surface area contributed by atoms with Crippen molar-refractivity contribution in [2.24, 2.45) is 0 Å². The number of hydrogen-bond donors (Lipinski definition) is 3. The highest BCUT2D eigenvalue weighted by molar-refractivity contribution is 6.00. The molecule has 3 aromatic heterocycles. The number of aromatic nitrogens is 3. The number of hydrogen-bond acceptors (Lipinski definition) is 7. The quantitative estimate of drug-likeness (QED) is 0.480. The van der Waals surface area contributed by atoms with Gasteiger partial charge in [0.1, 0.15) is 18.3 Å². The maximum Gasteiger partial charge on any atom is 0.255 e. The molecule has 3 heterocycles. The molecule has 0 aliphatic heterocycles. The summed E-state index contributed by atoms with van der Waals surface area (Å²) < 4.78 is 15.7. The van der Waals surface area contributed by atoms with Gasteiger partial charge in [0.2, 0.25) is 0 Å². The highest BCUT2D eigenvalue weighted by Crippen LogP contribution is 2.26. The van der Waals surface area contributed by atoms with Crippen LogP contribution in [0.2, 0.25) is 0 Å². The number of nitriles is 2. The molecule has 0 bridgehead atoms. The third-order valence-electron chi connectivity index (χ3n) is 5.14. The van der Waals surface area contributed by atoms with Crippen LogP contribution in [-0.2, 0) is 0 Å². The van der Waals surface area contributed by atoms with Crippen LogP contribution in [0.4, 0.5) is 10.1 Å². The van der Waals surface area contributed by atoms with Crippen LogP contribution in [0.3, 0.4) is 0 Å². The van der Waals surface area contributed by atoms with Crippen LogP contribution in [0.15, 0.2) is 36.7 Å². The summed E-state index contributed by atoms with van der Waals surface area (Å²) in [5.74, 6) is -0.590. The molecule has 1 unspecified atom stereocenters. The first-order valence-electron chi connectivity index (χ1n) is 10.4. The van der Waals surface area contributed by atoms with Gasteiger partial charge in [0, 0.05) is 6.20 Å². The lowest BCUT2D eigenvalue weighted by Gasteiger charge is -2.23. The first-order valence-corrected chi connectivity index (χ1v) is 10.4. The standard InChI is InChI=1S/C23H24FN7O2/c1-4-15(10-26)30-18-8-19(20-6-5-16-7-14(9-25)11-29-31(16)20)27-12-17(18)22(32)28-13-21(24)23(2,3)33/h5-8,11-12,15,21,33H,4,13H2,1-3H3,(H,27,30)(H,28,32)/t15-,21?/m0/s1. The molecule has 9 nitrogen and oxygen atoms in total. The predicted octanol–water partition coefficient (Wildman–Crippen LogP) is 2.82. The number of aliphatic hydroxyl groups is 1. The molecule has 10 heteroatoms. The molecule has 33 heavy (non-hydrogen) atoms. The van der Waals surface area contributed by atoms with Crippen molar-refractivity contribution in [2.45, 2.75) is 45.0 Å². The molecule has 0 saturated heterocycles. The number of amides is 1. The van der Waals surface area contributed by atoms with Gasteiger partial charge in [0.25, 0.3) is 5.91 Å². The Morgan fingerprint density at radius 3 is 2.70 bits per heavy atom. The topological polar surface area (TPSA) is 139 Å². The normalized spacial score (nSPS) is 13.1. The Bertz CT molecular complexity index is 1250. The van der Waals surface area contributed by atoms with Crippen LogP contribution in [-0.4, -0.2) is 50.0 Å². The number of nitrogens with one attached hydrogen (secondary N) is 2. The molecule has 170 valence electrons. The molecular formula is C23H24FN7O2. The summed E-state index contributed by atoms with van der Waals surface area (Å²) in [5.41, 5.74) is 1.13. The van der Waals surface area contributed by atoms with Crippen molar-refractivity contribution >= 4 is 17.1 Å². The summed E-state index contributed by atoms with van der Waals surface area (Å²) in [7, 11) is 0. The smallest absolute Gasteiger partial charge is 0.255 e. The van der Waals surface area contributed by atoms with Crippen LogP contribution in [0.5, 0.6) is 0 Å². The van der Waals surface area contributed by atoms with Gasteiger partial charge in [0.05, 0.1) is 58.1 Å². The van der Waals surface area contributed by atoms with Crippen molar-refractivity contribution in [3.8, 4) is 23.5 Å². The molecule has 0 saturated carbocycles. The van der Waals surface area contributed by atoms with Crippen LogP contribution in [0.1, 0.15) is 43.1 Å². The fourth-order valence-electron chi connectivity index (χ4n) is 3.09. The van der Waals surface area contributed by atoms with Crippen molar-refractivity contribution in [2.75, 3.05) is 11.9 Å². The van der Waals surface area contributed by atoms with E-state index in [1.165, 1.54) is 26.2 Å². The van der Waals surface area contributed by atoms with E-state index in [0.717, 1.165) is 0 Å². The largest absolute Gasteiger partial charge is 0.387 e. The number of pyridine rings is 1. The van der Waals surface area contributed by atoms with Gasteiger partial charge in [-0.05, 0) is 44.5 Å².